The van der Waals surface area contributed by atoms with Crippen LogP contribution < -0.4 is 4.74 Å². The van der Waals surface area contributed by atoms with Gasteiger partial charge in [0.2, 0.25) is 0 Å². The highest BCUT2D eigenvalue weighted by molar-refractivity contribution is 5.67. The average Bonchev–Trinajstić information content (AvgIpc) is 2.98. The molecule has 0 spiro atoms. The van der Waals surface area contributed by atoms with Gasteiger partial charge >= 0.3 is 0 Å². The van der Waals surface area contributed by atoms with Crippen molar-refractivity contribution in [2.75, 3.05) is 7.11 Å². The van der Waals surface area contributed by atoms with E-state index in [-0.39, 0.29) is 5.75 Å². The average molecular weight is 267 g/mol. The summed E-state index contributed by atoms with van der Waals surface area (Å²) in [6, 6.07) is 16.3. The second-order valence-electron chi connectivity index (χ2n) is 4.35. The highest BCUT2D eigenvalue weighted by atomic mass is 16.5. The first-order valence-electron chi connectivity index (χ1n) is 6.17. The van der Waals surface area contributed by atoms with E-state index in [4.69, 9.17) is 9.26 Å². The van der Waals surface area contributed by atoms with Crippen LogP contribution in [0.3, 0.4) is 0 Å². The maximum absolute atomic E-state index is 9.28. The van der Waals surface area contributed by atoms with Gasteiger partial charge in [0.05, 0.1) is 7.11 Å². The van der Waals surface area contributed by atoms with Gasteiger partial charge in [-0.15, -0.1) is 0 Å². The molecule has 2 aromatic carbocycles. The van der Waals surface area contributed by atoms with Crippen LogP contribution in [0, 0.1) is 0 Å². The van der Waals surface area contributed by atoms with E-state index in [0.29, 0.717) is 5.76 Å². The molecule has 3 aromatic rings. The Balaban J connectivity index is 1.91. The van der Waals surface area contributed by atoms with E-state index in [1.807, 2.05) is 30.3 Å². The predicted octanol–water partition coefficient (Wildman–Crippen LogP) is 3.72. The molecule has 4 heteroatoms. The van der Waals surface area contributed by atoms with Crippen molar-refractivity contribution in [1.82, 2.24) is 5.16 Å². The second kappa shape index (κ2) is 5.09. The van der Waals surface area contributed by atoms with Crippen molar-refractivity contribution in [2.45, 2.75) is 0 Å². The van der Waals surface area contributed by atoms with Crippen molar-refractivity contribution < 1.29 is 14.4 Å². The molecule has 0 bridgehead atoms. The first-order chi connectivity index (χ1) is 9.76. The number of benzene rings is 2. The van der Waals surface area contributed by atoms with Gasteiger partial charge in [-0.2, -0.15) is 0 Å². The molecule has 0 radical (unpaired) electrons. The Bertz CT molecular complexity index is 699. The Kier molecular flexibility index (Phi) is 3.13. The summed E-state index contributed by atoms with van der Waals surface area (Å²) in [6.45, 7) is 0. The number of aromatic nitrogens is 1. The Hall–Kier alpha value is -2.75. The molecule has 1 heterocycles. The van der Waals surface area contributed by atoms with Crippen molar-refractivity contribution in [3.05, 3.63) is 54.6 Å². The molecule has 0 fully saturated rings. The molecule has 100 valence electrons. The van der Waals surface area contributed by atoms with Gasteiger partial charge in [-0.1, -0.05) is 5.16 Å². The van der Waals surface area contributed by atoms with E-state index in [9.17, 15) is 5.11 Å². The van der Waals surface area contributed by atoms with Gasteiger partial charge in [-0.25, -0.2) is 0 Å². The zero-order valence-electron chi connectivity index (χ0n) is 10.9. The fourth-order valence-electron chi connectivity index (χ4n) is 1.93. The molecule has 3 rings (SSSR count). The minimum atomic E-state index is 0.226. The molecule has 1 N–H and O–H groups in total. The molecule has 0 amide bonds. The predicted molar refractivity (Wildman–Crippen MR) is 75.6 cm³/mol. The molecule has 0 unspecified atom stereocenters. The summed E-state index contributed by atoms with van der Waals surface area (Å²) in [5.41, 5.74) is 2.59. The number of nitrogens with zero attached hydrogens (tertiary/aromatic N) is 1. The van der Waals surface area contributed by atoms with Gasteiger partial charge in [0.25, 0.3) is 0 Å². The van der Waals surface area contributed by atoms with E-state index in [0.717, 1.165) is 22.6 Å². The van der Waals surface area contributed by atoms with Gasteiger partial charge in [0, 0.05) is 17.2 Å². The van der Waals surface area contributed by atoms with Crippen molar-refractivity contribution in [3.8, 4) is 34.1 Å². The highest BCUT2D eigenvalue weighted by Crippen LogP contribution is 2.27. The van der Waals surface area contributed by atoms with E-state index in [1.54, 1.807) is 31.4 Å². The lowest BCUT2D eigenvalue weighted by molar-refractivity contribution is 0.415. The molecule has 1 aromatic heterocycles. The number of hydrogen-bond acceptors (Lipinski definition) is 4. The third-order valence-electron chi connectivity index (χ3n) is 3.05. The molecular formula is C16H13NO3. The van der Waals surface area contributed by atoms with Gasteiger partial charge in [-0.05, 0) is 48.5 Å². The number of ether oxygens (including phenoxy) is 1. The SMILES string of the molecule is COc1ccc(-c2cc(-c3ccc(O)cc3)on2)cc1. The first-order valence-corrected chi connectivity index (χ1v) is 6.17. The third kappa shape index (κ3) is 2.36. The molecule has 0 aliphatic heterocycles. The Morgan fingerprint density at radius 2 is 1.60 bits per heavy atom. The lowest BCUT2D eigenvalue weighted by atomic mass is 10.1. The molecule has 0 saturated carbocycles. The fraction of sp³-hybridized carbons (Fsp3) is 0.0625. The fourth-order valence-corrected chi connectivity index (χ4v) is 1.93. The summed E-state index contributed by atoms with van der Waals surface area (Å²) in [6.07, 6.45) is 0. The Labute approximate surface area is 116 Å². The maximum Gasteiger partial charge on any atom is 0.167 e. The van der Waals surface area contributed by atoms with Crippen molar-refractivity contribution in [3.63, 3.8) is 0 Å². The Morgan fingerprint density at radius 3 is 2.25 bits per heavy atom. The quantitative estimate of drug-likeness (QED) is 0.785. The number of hydrogen-bond donors (Lipinski definition) is 1. The number of phenols is 1. The number of methoxy groups -OCH3 is 1. The molecular weight excluding hydrogens is 254 g/mol. The van der Waals surface area contributed by atoms with E-state index >= 15 is 0 Å². The van der Waals surface area contributed by atoms with Crippen LogP contribution >= 0.6 is 0 Å². The zero-order chi connectivity index (χ0) is 13.9. The van der Waals surface area contributed by atoms with Gasteiger partial charge in [0.1, 0.15) is 17.2 Å². The minimum absolute atomic E-state index is 0.226. The monoisotopic (exact) mass is 267 g/mol. The van der Waals surface area contributed by atoms with Gasteiger partial charge in [0.15, 0.2) is 5.76 Å². The zero-order valence-corrected chi connectivity index (χ0v) is 10.9. The lowest BCUT2D eigenvalue weighted by Gasteiger charge is -1.99. The lowest BCUT2D eigenvalue weighted by Crippen LogP contribution is -1.82. The summed E-state index contributed by atoms with van der Waals surface area (Å²) in [5, 5.41) is 13.3. The van der Waals surface area contributed by atoms with Crippen LogP contribution in [-0.2, 0) is 0 Å². The van der Waals surface area contributed by atoms with E-state index < -0.39 is 0 Å². The molecule has 0 aliphatic carbocycles. The van der Waals surface area contributed by atoms with Gasteiger partial charge < -0.3 is 14.4 Å². The number of rotatable bonds is 3. The molecule has 0 atom stereocenters. The molecule has 4 nitrogen and oxygen atoms in total. The molecule has 0 aliphatic rings. The topological polar surface area (TPSA) is 55.5 Å². The molecule has 0 saturated heterocycles. The first kappa shape index (κ1) is 12.3. The summed E-state index contributed by atoms with van der Waals surface area (Å²) in [5.74, 6) is 1.69. The number of aromatic hydroxyl groups is 1. The Morgan fingerprint density at radius 1 is 0.950 bits per heavy atom. The van der Waals surface area contributed by atoms with Crippen molar-refractivity contribution >= 4 is 0 Å². The summed E-state index contributed by atoms with van der Waals surface area (Å²) >= 11 is 0. The van der Waals surface area contributed by atoms with Crippen LogP contribution in [0.4, 0.5) is 0 Å². The van der Waals surface area contributed by atoms with E-state index in [2.05, 4.69) is 5.16 Å². The third-order valence-corrected chi connectivity index (χ3v) is 3.05. The number of phenolic OH excluding ortho intramolecular Hbond substituents is 1. The second-order valence-corrected chi connectivity index (χ2v) is 4.35. The maximum atomic E-state index is 9.28. The van der Waals surface area contributed by atoms with Crippen LogP contribution in [0.1, 0.15) is 0 Å². The van der Waals surface area contributed by atoms with Crippen molar-refractivity contribution in [1.29, 1.82) is 0 Å². The smallest absolute Gasteiger partial charge is 0.167 e. The minimum Gasteiger partial charge on any atom is -0.508 e. The van der Waals surface area contributed by atoms with Crippen LogP contribution in [0.25, 0.3) is 22.6 Å². The largest absolute Gasteiger partial charge is 0.508 e. The summed E-state index contributed by atoms with van der Waals surface area (Å²) in [4.78, 5) is 0. The van der Waals surface area contributed by atoms with Crippen LogP contribution in [-0.4, -0.2) is 17.4 Å². The van der Waals surface area contributed by atoms with Crippen LogP contribution in [0.5, 0.6) is 11.5 Å². The summed E-state index contributed by atoms with van der Waals surface area (Å²) in [7, 11) is 1.63. The highest BCUT2D eigenvalue weighted by Gasteiger charge is 2.08. The van der Waals surface area contributed by atoms with Crippen molar-refractivity contribution in [2.24, 2.45) is 0 Å². The summed E-state index contributed by atoms with van der Waals surface area (Å²) < 4.78 is 10.5. The normalized spacial score (nSPS) is 10.4. The van der Waals surface area contributed by atoms with Crippen LogP contribution in [0.2, 0.25) is 0 Å². The van der Waals surface area contributed by atoms with Crippen LogP contribution in [0.15, 0.2) is 59.1 Å². The van der Waals surface area contributed by atoms with Gasteiger partial charge in [-0.3, -0.25) is 0 Å². The molecule has 20 heavy (non-hydrogen) atoms. The standard InChI is InChI=1S/C16H13NO3/c1-19-14-8-4-11(5-9-14)15-10-16(20-17-15)12-2-6-13(18)7-3-12/h2-10,18H,1H3. The van der Waals surface area contributed by atoms with E-state index in [1.165, 1.54) is 0 Å².